The Hall–Kier alpha value is -1.23. The van der Waals surface area contributed by atoms with Crippen LogP contribution in [0, 0.1) is 0 Å². The van der Waals surface area contributed by atoms with Crippen molar-refractivity contribution in [3.63, 3.8) is 0 Å². The van der Waals surface area contributed by atoms with E-state index < -0.39 is 0 Å². The highest BCUT2D eigenvalue weighted by molar-refractivity contribution is 5.65. The molecule has 2 rings (SSSR count). The lowest BCUT2D eigenvalue weighted by molar-refractivity contribution is 0.172. The van der Waals surface area contributed by atoms with Gasteiger partial charge in [0.2, 0.25) is 0 Å². The SMILES string of the molecule is CCCc1nn(C)c(NCC2(N(C)C)CCCC2)c1N. The van der Waals surface area contributed by atoms with E-state index in [4.69, 9.17) is 5.73 Å². The molecule has 5 heteroatoms. The number of anilines is 2. The molecule has 5 nitrogen and oxygen atoms in total. The molecule has 1 aromatic rings. The Morgan fingerprint density at radius 2 is 2.00 bits per heavy atom. The van der Waals surface area contributed by atoms with Crippen molar-refractivity contribution in [1.82, 2.24) is 14.7 Å². The Labute approximate surface area is 122 Å². The highest BCUT2D eigenvalue weighted by Crippen LogP contribution is 2.34. The van der Waals surface area contributed by atoms with Crippen molar-refractivity contribution in [2.24, 2.45) is 7.05 Å². The second-order valence-electron chi connectivity index (χ2n) is 6.26. The molecule has 0 unspecified atom stereocenters. The third-order valence-corrected chi connectivity index (χ3v) is 4.71. The standard InChI is InChI=1S/C15H29N5/c1-5-8-12-13(16)14(20(4)18-12)17-11-15(19(2)3)9-6-7-10-15/h17H,5-11,16H2,1-4H3. The molecule has 114 valence electrons. The van der Waals surface area contributed by atoms with Gasteiger partial charge in [0.15, 0.2) is 0 Å². The molecule has 1 heterocycles. The van der Waals surface area contributed by atoms with Crippen molar-refractivity contribution in [1.29, 1.82) is 0 Å². The molecule has 1 saturated carbocycles. The summed E-state index contributed by atoms with van der Waals surface area (Å²) in [5.41, 5.74) is 8.34. The minimum absolute atomic E-state index is 0.266. The van der Waals surface area contributed by atoms with E-state index in [0.29, 0.717) is 0 Å². The summed E-state index contributed by atoms with van der Waals surface area (Å²) in [7, 11) is 6.33. The average Bonchev–Trinajstić information content (AvgIpc) is 2.96. The van der Waals surface area contributed by atoms with E-state index in [1.165, 1.54) is 25.7 Å². The molecule has 0 radical (unpaired) electrons. The molecule has 0 atom stereocenters. The first-order chi connectivity index (χ1) is 9.50. The van der Waals surface area contributed by atoms with Gasteiger partial charge in [-0.3, -0.25) is 4.68 Å². The number of likely N-dealkylation sites (N-methyl/N-ethyl adjacent to an activating group) is 1. The van der Waals surface area contributed by atoms with Gasteiger partial charge >= 0.3 is 0 Å². The number of nitrogens with zero attached hydrogens (tertiary/aromatic N) is 3. The number of nitrogens with two attached hydrogens (primary N) is 1. The Morgan fingerprint density at radius 1 is 1.35 bits per heavy atom. The van der Waals surface area contributed by atoms with E-state index in [2.05, 4.69) is 36.3 Å². The molecule has 3 N–H and O–H groups in total. The summed E-state index contributed by atoms with van der Waals surface area (Å²) < 4.78 is 1.89. The third kappa shape index (κ3) is 2.77. The van der Waals surface area contributed by atoms with Gasteiger partial charge in [0.1, 0.15) is 5.82 Å². The van der Waals surface area contributed by atoms with Gasteiger partial charge in [0, 0.05) is 19.1 Å². The first-order valence-electron chi connectivity index (χ1n) is 7.73. The quantitative estimate of drug-likeness (QED) is 0.838. The zero-order valence-electron chi connectivity index (χ0n) is 13.4. The molecular weight excluding hydrogens is 250 g/mol. The zero-order chi connectivity index (χ0) is 14.8. The highest BCUT2D eigenvalue weighted by atomic mass is 15.3. The molecule has 1 aliphatic carbocycles. The minimum atomic E-state index is 0.266. The van der Waals surface area contributed by atoms with E-state index in [0.717, 1.165) is 36.6 Å². The van der Waals surface area contributed by atoms with Gasteiger partial charge in [-0.1, -0.05) is 26.2 Å². The van der Waals surface area contributed by atoms with Gasteiger partial charge < -0.3 is 16.0 Å². The van der Waals surface area contributed by atoms with Crippen molar-refractivity contribution >= 4 is 11.5 Å². The molecule has 0 spiro atoms. The fraction of sp³-hybridized carbons (Fsp3) is 0.800. The number of rotatable bonds is 6. The Bertz CT molecular complexity index is 443. The maximum Gasteiger partial charge on any atom is 0.147 e. The predicted octanol–water partition coefficient (Wildman–Crippen LogP) is 2.24. The lowest BCUT2D eigenvalue weighted by atomic mass is 9.96. The molecule has 1 aromatic heterocycles. The Morgan fingerprint density at radius 3 is 2.55 bits per heavy atom. The van der Waals surface area contributed by atoms with Crippen LogP contribution in [-0.4, -0.2) is 40.9 Å². The third-order valence-electron chi connectivity index (χ3n) is 4.71. The second kappa shape index (κ2) is 6.04. The topological polar surface area (TPSA) is 59.1 Å². The van der Waals surface area contributed by atoms with E-state index in [1.54, 1.807) is 0 Å². The fourth-order valence-corrected chi connectivity index (χ4v) is 3.29. The maximum atomic E-state index is 6.23. The lowest BCUT2D eigenvalue weighted by Crippen LogP contribution is -2.47. The molecular formula is C15H29N5. The van der Waals surface area contributed by atoms with E-state index >= 15 is 0 Å². The summed E-state index contributed by atoms with van der Waals surface area (Å²) in [5, 5.41) is 8.09. The van der Waals surface area contributed by atoms with Gasteiger partial charge in [0.05, 0.1) is 11.4 Å². The van der Waals surface area contributed by atoms with Crippen molar-refractivity contribution in [2.45, 2.75) is 51.0 Å². The zero-order valence-corrected chi connectivity index (χ0v) is 13.4. The van der Waals surface area contributed by atoms with Crippen LogP contribution >= 0.6 is 0 Å². The monoisotopic (exact) mass is 279 g/mol. The van der Waals surface area contributed by atoms with Crippen LogP contribution in [0.5, 0.6) is 0 Å². The number of nitrogen functional groups attached to an aromatic ring is 1. The van der Waals surface area contributed by atoms with Crippen LogP contribution in [0.2, 0.25) is 0 Å². The normalized spacial score (nSPS) is 17.9. The number of aromatic nitrogens is 2. The van der Waals surface area contributed by atoms with Crippen LogP contribution in [0.25, 0.3) is 0 Å². The van der Waals surface area contributed by atoms with E-state index in [9.17, 15) is 0 Å². The first-order valence-corrected chi connectivity index (χ1v) is 7.73. The molecule has 0 saturated heterocycles. The Kier molecular flexibility index (Phi) is 4.58. The predicted molar refractivity (Wildman–Crippen MR) is 85.0 cm³/mol. The van der Waals surface area contributed by atoms with E-state index in [1.807, 2.05) is 11.7 Å². The summed E-state index contributed by atoms with van der Waals surface area (Å²) in [4.78, 5) is 2.37. The van der Waals surface area contributed by atoms with Gasteiger partial charge in [0.25, 0.3) is 0 Å². The van der Waals surface area contributed by atoms with Crippen LogP contribution < -0.4 is 11.1 Å². The van der Waals surface area contributed by atoms with Crippen LogP contribution in [0.1, 0.15) is 44.7 Å². The minimum Gasteiger partial charge on any atom is -0.394 e. The van der Waals surface area contributed by atoms with Crippen LogP contribution in [0.15, 0.2) is 0 Å². The van der Waals surface area contributed by atoms with Crippen LogP contribution in [0.4, 0.5) is 11.5 Å². The molecule has 0 amide bonds. The van der Waals surface area contributed by atoms with Crippen molar-refractivity contribution in [3.8, 4) is 0 Å². The van der Waals surface area contributed by atoms with Gasteiger partial charge in [-0.05, 0) is 33.4 Å². The number of aryl methyl sites for hydroxylation is 2. The maximum absolute atomic E-state index is 6.23. The molecule has 0 aliphatic heterocycles. The molecule has 0 bridgehead atoms. The molecule has 1 aliphatic rings. The smallest absolute Gasteiger partial charge is 0.147 e. The summed E-state index contributed by atoms with van der Waals surface area (Å²) in [6.45, 7) is 3.09. The highest BCUT2D eigenvalue weighted by Gasteiger charge is 2.36. The van der Waals surface area contributed by atoms with Crippen molar-refractivity contribution < 1.29 is 0 Å². The molecule has 20 heavy (non-hydrogen) atoms. The lowest BCUT2D eigenvalue weighted by Gasteiger charge is -2.36. The van der Waals surface area contributed by atoms with Crippen LogP contribution in [-0.2, 0) is 13.5 Å². The molecule has 1 fully saturated rings. The van der Waals surface area contributed by atoms with Crippen LogP contribution in [0.3, 0.4) is 0 Å². The first kappa shape index (κ1) is 15.2. The van der Waals surface area contributed by atoms with Crippen molar-refractivity contribution in [2.75, 3.05) is 31.7 Å². The summed E-state index contributed by atoms with van der Waals surface area (Å²) in [6.07, 6.45) is 7.17. The molecule has 0 aromatic carbocycles. The number of hydrogen-bond acceptors (Lipinski definition) is 4. The number of nitrogens with one attached hydrogen (secondary N) is 1. The van der Waals surface area contributed by atoms with Crippen molar-refractivity contribution in [3.05, 3.63) is 5.69 Å². The second-order valence-corrected chi connectivity index (χ2v) is 6.26. The van der Waals surface area contributed by atoms with Gasteiger partial charge in [-0.2, -0.15) is 5.10 Å². The van der Waals surface area contributed by atoms with E-state index in [-0.39, 0.29) is 5.54 Å². The fourth-order valence-electron chi connectivity index (χ4n) is 3.29. The summed E-state index contributed by atoms with van der Waals surface area (Å²) in [6, 6.07) is 0. The summed E-state index contributed by atoms with van der Waals surface area (Å²) >= 11 is 0. The average molecular weight is 279 g/mol. The summed E-state index contributed by atoms with van der Waals surface area (Å²) in [5.74, 6) is 0.974. The van der Waals surface area contributed by atoms with Gasteiger partial charge in [-0.25, -0.2) is 0 Å². The Balaban J connectivity index is 2.10. The van der Waals surface area contributed by atoms with Gasteiger partial charge in [-0.15, -0.1) is 0 Å². The largest absolute Gasteiger partial charge is 0.394 e. The number of hydrogen-bond donors (Lipinski definition) is 2.